The van der Waals surface area contributed by atoms with Crippen LogP contribution in [0.1, 0.15) is 15.9 Å². The molecule has 3 rings (SSSR count). The number of halogens is 2. The highest BCUT2D eigenvalue weighted by molar-refractivity contribution is 9.10. The van der Waals surface area contributed by atoms with Gasteiger partial charge in [0.15, 0.2) is 0 Å². The summed E-state index contributed by atoms with van der Waals surface area (Å²) in [7, 11) is 0. The van der Waals surface area contributed by atoms with Crippen molar-refractivity contribution >= 4 is 21.8 Å². The van der Waals surface area contributed by atoms with Gasteiger partial charge in [0.05, 0.1) is 0 Å². The molecule has 1 aliphatic heterocycles. The van der Waals surface area contributed by atoms with E-state index in [1.54, 1.807) is 0 Å². The third-order valence-electron chi connectivity index (χ3n) is 4.07. The Hall–Kier alpha value is -1.72. The molecule has 0 unspecified atom stereocenters. The SMILES string of the molecule is O=C(c1ccc(Br)cc1)N1CCN(Cc2ccc(F)cc2)CC1. The summed E-state index contributed by atoms with van der Waals surface area (Å²) in [6, 6.07) is 14.1. The van der Waals surface area contributed by atoms with E-state index in [-0.39, 0.29) is 11.7 Å². The molecular formula is C18H18BrFN2O. The third kappa shape index (κ3) is 4.18. The Balaban J connectivity index is 1.54. The summed E-state index contributed by atoms with van der Waals surface area (Å²) in [6.07, 6.45) is 0. The number of carbonyl (C=O) groups is 1. The fourth-order valence-corrected chi connectivity index (χ4v) is 3.00. The number of carbonyl (C=O) groups excluding carboxylic acids is 1. The molecule has 5 heteroatoms. The second-order valence-corrected chi connectivity index (χ2v) is 6.62. The largest absolute Gasteiger partial charge is 0.336 e. The number of hydrogen-bond donors (Lipinski definition) is 0. The summed E-state index contributed by atoms with van der Waals surface area (Å²) in [5.74, 6) is -0.127. The Morgan fingerprint density at radius 1 is 0.957 bits per heavy atom. The highest BCUT2D eigenvalue weighted by atomic mass is 79.9. The van der Waals surface area contributed by atoms with E-state index in [1.807, 2.05) is 41.3 Å². The minimum absolute atomic E-state index is 0.0823. The normalized spacial score (nSPS) is 15.7. The van der Waals surface area contributed by atoms with Gasteiger partial charge in [0, 0.05) is 42.8 Å². The van der Waals surface area contributed by atoms with Crippen LogP contribution in [0.25, 0.3) is 0 Å². The molecule has 1 aliphatic rings. The lowest BCUT2D eigenvalue weighted by molar-refractivity contribution is 0.0628. The van der Waals surface area contributed by atoms with Crippen LogP contribution >= 0.6 is 15.9 Å². The Morgan fingerprint density at radius 2 is 1.57 bits per heavy atom. The van der Waals surface area contributed by atoms with Crippen LogP contribution in [0.4, 0.5) is 4.39 Å². The average molecular weight is 377 g/mol. The van der Waals surface area contributed by atoms with Gasteiger partial charge in [-0.1, -0.05) is 28.1 Å². The van der Waals surface area contributed by atoms with Crippen molar-refractivity contribution in [1.29, 1.82) is 0 Å². The van der Waals surface area contributed by atoms with E-state index in [4.69, 9.17) is 0 Å². The topological polar surface area (TPSA) is 23.6 Å². The summed E-state index contributed by atoms with van der Waals surface area (Å²) in [4.78, 5) is 16.6. The third-order valence-corrected chi connectivity index (χ3v) is 4.60. The molecule has 120 valence electrons. The quantitative estimate of drug-likeness (QED) is 0.817. The van der Waals surface area contributed by atoms with Crippen molar-refractivity contribution in [3.63, 3.8) is 0 Å². The van der Waals surface area contributed by atoms with Crippen molar-refractivity contribution in [3.05, 3.63) is 69.9 Å². The number of nitrogens with zero attached hydrogens (tertiary/aromatic N) is 2. The molecule has 0 atom stereocenters. The second-order valence-electron chi connectivity index (χ2n) is 5.70. The molecule has 0 aromatic heterocycles. The molecule has 2 aromatic carbocycles. The summed E-state index contributed by atoms with van der Waals surface area (Å²) in [5.41, 5.74) is 1.82. The molecular weight excluding hydrogens is 359 g/mol. The number of amides is 1. The number of benzene rings is 2. The minimum Gasteiger partial charge on any atom is -0.336 e. The van der Waals surface area contributed by atoms with Gasteiger partial charge in [0.25, 0.3) is 5.91 Å². The van der Waals surface area contributed by atoms with E-state index < -0.39 is 0 Å². The zero-order valence-electron chi connectivity index (χ0n) is 12.7. The van der Waals surface area contributed by atoms with Crippen molar-refractivity contribution in [1.82, 2.24) is 9.80 Å². The number of piperazine rings is 1. The molecule has 0 radical (unpaired) electrons. The molecule has 0 bridgehead atoms. The van der Waals surface area contributed by atoms with E-state index in [0.717, 1.165) is 48.3 Å². The van der Waals surface area contributed by atoms with Crippen LogP contribution in [0, 0.1) is 5.82 Å². The van der Waals surface area contributed by atoms with E-state index in [1.165, 1.54) is 12.1 Å². The average Bonchev–Trinajstić information content (AvgIpc) is 2.58. The van der Waals surface area contributed by atoms with Crippen molar-refractivity contribution in [2.45, 2.75) is 6.54 Å². The highest BCUT2D eigenvalue weighted by Gasteiger charge is 2.22. The number of rotatable bonds is 3. The number of hydrogen-bond acceptors (Lipinski definition) is 2. The van der Waals surface area contributed by atoms with Crippen LogP contribution in [0.3, 0.4) is 0 Å². The molecule has 0 saturated carbocycles. The first-order valence-corrected chi connectivity index (χ1v) is 8.43. The standard InChI is InChI=1S/C18H18BrFN2O/c19-16-5-3-15(4-6-16)18(23)22-11-9-21(10-12-22)13-14-1-7-17(20)8-2-14/h1-8H,9-13H2. The highest BCUT2D eigenvalue weighted by Crippen LogP contribution is 2.15. The van der Waals surface area contributed by atoms with Crippen LogP contribution in [0.15, 0.2) is 53.0 Å². The van der Waals surface area contributed by atoms with Crippen LogP contribution in [0.2, 0.25) is 0 Å². The van der Waals surface area contributed by atoms with Crippen LogP contribution in [-0.2, 0) is 6.54 Å². The molecule has 1 heterocycles. The Morgan fingerprint density at radius 3 is 2.17 bits per heavy atom. The fraction of sp³-hybridized carbons (Fsp3) is 0.278. The fourth-order valence-electron chi connectivity index (χ4n) is 2.73. The van der Waals surface area contributed by atoms with Gasteiger partial charge in [-0.3, -0.25) is 9.69 Å². The maximum Gasteiger partial charge on any atom is 0.253 e. The van der Waals surface area contributed by atoms with E-state index in [0.29, 0.717) is 0 Å². The van der Waals surface area contributed by atoms with Gasteiger partial charge in [-0.15, -0.1) is 0 Å². The molecule has 1 saturated heterocycles. The summed E-state index contributed by atoms with van der Waals surface area (Å²) in [6.45, 7) is 3.89. The Kier molecular flexibility index (Phi) is 5.08. The lowest BCUT2D eigenvalue weighted by Crippen LogP contribution is -2.48. The van der Waals surface area contributed by atoms with Crippen LogP contribution in [-0.4, -0.2) is 41.9 Å². The van der Waals surface area contributed by atoms with E-state index in [2.05, 4.69) is 20.8 Å². The summed E-state index contributed by atoms with van der Waals surface area (Å²) < 4.78 is 13.9. The van der Waals surface area contributed by atoms with Crippen molar-refractivity contribution < 1.29 is 9.18 Å². The molecule has 3 nitrogen and oxygen atoms in total. The maximum absolute atomic E-state index is 12.9. The molecule has 1 amide bonds. The van der Waals surface area contributed by atoms with Gasteiger partial charge in [-0.2, -0.15) is 0 Å². The van der Waals surface area contributed by atoms with Gasteiger partial charge in [-0.05, 0) is 42.0 Å². The Labute approximate surface area is 143 Å². The minimum atomic E-state index is -0.210. The van der Waals surface area contributed by atoms with E-state index in [9.17, 15) is 9.18 Å². The first-order valence-electron chi connectivity index (χ1n) is 7.63. The van der Waals surface area contributed by atoms with Crippen molar-refractivity contribution in [3.8, 4) is 0 Å². The maximum atomic E-state index is 12.9. The van der Waals surface area contributed by atoms with Crippen molar-refractivity contribution in [2.24, 2.45) is 0 Å². The lowest BCUT2D eigenvalue weighted by atomic mass is 10.1. The molecule has 0 N–H and O–H groups in total. The molecule has 0 spiro atoms. The first-order chi connectivity index (χ1) is 11.1. The molecule has 1 fully saturated rings. The van der Waals surface area contributed by atoms with E-state index >= 15 is 0 Å². The zero-order valence-corrected chi connectivity index (χ0v) is 14.3. The zero-order chi connectivity index (χ0) is 16.2. The summed E-state index contributed by atoms with van der Waals surface area (Å²) >= 11 is 3.38. The predicted molar refractivity (Wildman–Crippen MR) is 91.7 cm³/mol. The van der Waals surface area contributed by atoms with Gasteiger partial charge >= 0.3 is 0 Å². The smallest absolute Gasteiger partial charge is 0.253 e. The van der Waals surface area contributed by atoms with Crippen molar-refractivity contribution in [2.75, 3.05) is 26.2 Å². The van der Waals surface area contributed by atoms with Gasteiger partial charge in [0.1, 0.15) is 5.82 Å². The molecule has 2 aromatic rings. The van der Waals surface area contributed by atoms with Gasteiger partial charge in [0.2, 0.25) is 0 Å². The summed E-state index contributed by atoms with van der Waals surface area (Å²) in [5, 5.41) is 0. The first kappa shape index (κ1) is 16.1. The lowest BCUT2D eigenvalue weighted by Gasteiger charge is -2.34. The van der Waals surface area contributed by atoms with Gasteiger partial charge in [-0.25, -0.2) is 4.39 Å². The van der Waals surface area contributed by atoms with Crippen LogP contribution < -0.4 is 0 Å². The van der Waals surface area contributed by atoms with Gasteiger partial charge < -0.3 is 4.90 Å². The van der Waals surface area contributed by atoms with Crippen LogP contribution in [0.5, 0.6) is 0 Å². The molecule has 0 aliphatic carbocycles. The molecule has 23 heavy (non-hydrogen) atoms. The Bertz CT molecular complexity index is 664. The predicted octanol–water partition coefficient (Wildman–Crippen LogP) is 3.55. The second kappa shape index (κ2) is 7.23. The monoisotopic (exact) mass is 376 g/mol.